The number of benzene rings is 2. The molecule has 0 saturated heterocycles. The van der Waals surface area contributed by atoms with E-state index >= 15 is 0 Å². The Labute approximate surface area is 118 Å². The molecule has 3 heteroatoms. The smallest absolute Gasteiger partial charge is 0.123 e. The van der Waals surface area contributed by atoms with Gasteiger partial charge in [-0.1, -0.05) is 36.7 Å². The van der Waals surface area contributed by atoms with Gasteiger partial charge in [0.05, 0.1) is 0 Å². The van der Waals surface area contributed by atoms with Gasteiger partial charge in [0, 0.05) is 16.6 Å². The van der Waals surface area contributed by atoms with E-state index in [0.29, 0.717) is 11.1 Å². The fourth-order valence-corrected chi connectivity index (χ4v) is 2.47. The van der Waals surface area contributed by atoms with Crippen molar-refractivity contribution in [2.75, 3.05) is 7.05 Å². The molecule has 1 unspecified atom stereocenters. The average Bonchev–Trinajstić information content (AvgIpc) is 2.43. The first kappa shape index (κ1) is 14.0. The number of rotatable bonds is 4. The molecule has 1 atom stereocenters. The predicted molar refractivity (Wildman–Crippen MR) is 78.9 cm³/mol. The van der Waals surface area contributed by atoms with Crippen molar-refractivity contribution in [2.45, 2.75) is 19.4 Å². The van der Waals surface area contributed by atoms with E-state index in [0.717, 1.165) is 17.5 Å². The normalized spacial score (nSPS) is 12.4. The standard InChI is InChI=1S/C16H17ClFN/c1-3-16(19-2)12-6-4-5-11(9-12)14-10-13(18)7-8-15(14)17/h4-10,16,19H,3H2,1-2H3. The zero-order valence-corrected chi connectivity index (χ0v) is 11.8. The molecule has 0 aliphatic carbocycles. The highest BCUT2D eigenvalue weighted by Gasteiger charge is 2.10. The van der Waals surface area contributed by atoms with Crippen molar-refractivity contribution in [1.82, 2.24) is 5.32 Å². The van der Waals surface area contributed by atoms with Gasteiger partial charge in [0.15, 0.2) is 0 Å². The summed E-state index contributed by atoms with van der Waals surface area (Å²) in [5.74, 6) is -0.273. The molecule has 0 fully saturated rings. The maximum atomic E-state index is 13.4. The molecule has 0 bridgehead atoms. The lowest BCUT2D eigenvalue weighted by molar-refractivity contribution is 0.577. The Morgan fingerprint density at radius 2 is 2.00 bits per heavy atom. The van der Waals surface area contributed by atoms with Gasteiger partial charge in [0.25, 0.3) is 0 Å². The van der Waals surface area contributed by atoms with Crippen LogP contribution in [0.15, 0.2) is 42.5 Å². The molecule has 0 amide bonds. The minimum atomic E-state index is -0.273. The summed E-state index contributed by atoms with van der Waals surface area (Å²) in [6.45, 7) is 2.13. The van der Waals surface area contributed by atoms with E-state index in [-0.39, 0.29) is 5.82 Å². The van der Waals surface area contributed by atoms with Crippen LogP contribution in [-0.2, 0) is 0 Å². The number of halogens is 2. The third kappa shape index (κ3) is 3.14. The van der Waals surface area contributed by atoms with Gasteiger partial charge in [-0.25, -0.2) is 4.39 Å². The van der Waals surface area contributed by atoms with Crippen LogP contribution in [0.4, 0.5) is 4.39 Å². The third-order valence-corrected chi connectivity index (χ3v) is 3.61. The topological polar surface area (TPSA) is 12.0 Å². The van der Waals surface area contributed by atoms with Crippen LogP contribution in [0.2, 0.25) is 5.02 Å². The Kier molecular flexibility index (Phi) is 4.56. The predicted octanol–water partition coefficient (Wildman–Crippen LogP) is 4.82. The van der Waals surface area contributed by atoms with E-state index in [9.17, 15) is 4.39 Å². The number of nitrogens with one attached hydrogen (secondary N) is 1. The summed E-state index contributed by atoms with van der Waals surface area (Å²) in [6, 6.07) is 12.8. The molecule has 1 N–H and O–H groups in total. The Hall–Kier alpha value is -1.38. The first-order valence-corrected chi connectivity index (χ1v) is 6.76. The monoisotopic (exact) mass is 277 g/mol. The zero-order chi connectivity index (χ0) is 13.8. The highest BCUT2D eigenvalue weighted by molar-refractivity contribution is 6.33. The number of hydrogen-bond acceptors (Lipinski definition) is 1. The molecule has 1 nitrogen and oxygen atoms in total. The van der Waals surface area contributed by atoms with E-state index in [1.165, 1.54) is 17.7 Å². The minimum Gasteiger partial charge on any atom is -0.313 e. The van der Waals surface area contributed by atoms with Gasteiger partial charge in [0.1, 0.15) is 5.82 Å². The SMILES string of the molecule is CCC(NC)c1cccc(-c2cc(F)ccc2Cl)c1. The first-order chi connectivity index (χ1) is 9.15. The van der Waals surface area contributed by atoms with E-state index in [1.54, 1.807) is 6.07 Å². The van der Waals surface area contributed by atoms with Crippen molar-refractivity contribution in [2.24, 2.45) is 0 Å². The molecule has 19 heavy (non-hydrogen) atoms. The highest BCUT2D eigenvalue weighted by Crippen LogP contribution is 2.30. The van der Waals surface area contributed by atoms with E-state index in [4.69, 9.17) is 11.6 Å². The van der Waals surface area contributed by atoms with Crippen LogP contribution in [0.1, 0.15) is 24.9 Å². The lowest BCUT2D eigenvalue weighted by Gasteiger charge is -2.15. The molecular weight excluding hydrogens is 261 g/mol. The summed E-state index contributed by atoms with van der Waals surface area (Å²) in [6.07, 6.45) is 0.997. The third-order valence-electron chi connectivity index (χ3n) is 3.29. The second-order valence-corrected chi connectivity index (χ2v) is 4.91. The Balaban J connectivity index is 2.45. The van der Waals surface area contributed by atoms with Gasteiger partial charge in [-0.2, -0.15) is 0 Å². The van der Waals surface area contributed by atoms with Gasteiger partial charge < -0.3 is 5.32 Å². The van der Waals surface area contributed by atoms with Gasteiger partial charge in [-0.3, -0.25) is 0 Å². The summed E-state index contributed by atoms with van der Waals surface area (Å²) in [5.41, 5.74) is 2.85. The summed E-state index contributed by atoms with van der Waals surface area (Å²) >= 11 is 6.15. The summed E-state index contributed by atoms with van der Waals surface area (Å²) in [7, 11) is 1.94. The molecule has 2 aromatic carbocycles. The lowest BCUT2D eigenvalue weighted by Crippen LogP contribution is -2.15. The van der Waals surface area contributed by atoms with Gasteiger partial charge in [0.2, 0.25) is 0 Å². The highest BCUT2D eigenvalue weighted by atomic mass is 35.5. The van der Waals surface area contributed by atoms with Crippen LogP contribution in [0.5, 0.6) is 0 Å². The largest absolute Gasteiger partial charge is 0.313 e. The van der Waals surface area contributed by atoms with E-state index in [1.807, 2.05) is 19.2 Å². The quantitative estimate of drug-likeness (QED) is 0.845. The molecule has 0 heterocycles. The van der Waals surface area contributed by atoms with Crippen LogP contribution in [0.25, 0.3) is 11.1 Å². The molecule has 0 aromatic heterocycles. The average molecular weight is 278 g/mol. The van der Waals surface area contributed by atoms with Crippen LogP contribution in [-0.4, -0.2) is 7.05 Å². The molecule has 100 valence electrons. The molecule has 2 rings (SSSR count). The summed E-state index contributed by atoms with van der Waals surface area (Å²) < 4.78 is 13.4. The maximum absolute atomic E-state index is 13.4. The van der Waals surface area contributed by atoms with Crippen LogP contribution in [0, 0.1) is 5.82 Å². The number of hydrogen-bond donors (Lipinski definition) is 1. The first-order valence-electron chi connectivity index (χ1n) is 6.38. The van der Waals surface area contributed by atoms with Crippen molar-refractivity contribution in [3.8, 4) is 11.1 Å². The molecule has 0 aliphatic rings. The molecular formula is C16H17ClFN. The minimum absolute atomic E-state index is 0.273. The molecule has 0 saturated carbocycles. The molecule has 2 aromatic rings. The Morgan fingerprint density at radius 3 is 2.68 bits per heavy atom. The van der Waals surface area contributed by atoms with Crippen molar-refractivity contribution < 1.29 is 4.39 Å². The van der Waals surface area contributed by atoms with Crippen LogP contribution < -0.4 is 5.32 Å². The molecule has 0 aliphatic heterocycles. The second-order valence-electron chi connectivity index (χ2n) is 4.50. The summed E-state index contributed by atoms with van der Waals surface area (Å²) in [4.78, 5) is 0. The van der Waals surface area contributed by atoms with Crippen molar-refractivity contribution in [1.29, 1.82) is 0 Å². The molecule has 0 spiro atoms. The zero-order valence-electron chi connectivity index (χ0n) is 11.1. The van der Waals surface area contributed by atoms with E-state index in [2.05, 4.69) is 24.4 Å². The fraction of sp³-hybridized carbons (Fsp3) is 0.250. The van der Waals surface area contributed by atoms with Crippen molar-refractivity contribution >= 4 is 11.6 Å². The second kappa shape index (κ2) is 6.18. The fourth-order valence-electron chi connectivity index (χ4n) is 2.25. The van der Waals surface area contributed by atoms with Crippen LogP contribution in [0.3, 0.4) is 0 Å². The van der Waals surface area contributed by atoms with Gasteiger partial charge in [-0.15, -0.1) is 0 Å². The van der Waals surface area contributed by atoms with E-state index < -0.39 is 0 Å². The lowest BCUT2D eigenvalue weighted by atomic mass is 9.98. The van der Waals surface area contributed by atoms with Gasteiger partial charge in [-0.05, 0) is 48.9 Å². The Bertz CT molecular complexity index is 564. The maximum Gasteiger partial charge on any atom is 0.123 e. The Morgan fingerprint density at radius 1 is 1.21 bits per heavy atom. The van der Waals surface area contributed by atoms with Crippen molar-refractivity contribution in [3.63, 3.8) is 0 Å². The molecule has 0 radical (unpaired) electrons. The van der Waals surface area contributed by atoms with Crippen molar-refractivity contribution in [3.05, 3.63) is 58.9 Å². The van der Waals surface area contributed by atoms with Crippen LogP contribution >= 0.6 is 11.6 Å². The van der Waals surface area contributed by atoms with Gasteiger partial charge >= 0.3 is 0 Å². The summed E-state index contributed by atoms with van der Waals surface area (Å²) in [5, 5.41) is 3.83.